The van der Waals surface area contributed by atoms with E-state index >= 15 is 0 Å². The van der Waals surface area contributed by atoms with Crippen molar-refractivity contribution < 1.29 is 0 Å². The van der Waals surface area contributed by atoms with Crippen LogP contribution in [0.25, 0.3) is 16.7 Å². The van der Waals surface area contributed by atoms with Crippen LogP contribution < -0.4 is 5.32 Å². The summed E-state index contributed by atoms with van der Waals surface area (Å²) in [5, 5.41) is 9.54. The first-order valence-electron chi connectivity index (χ1n) is 10.0. The van der Waals surface area contributed by atoms with Crippen LogP contribution in [0.2, 0.25) is 0 Å². The number of pyridine rings is 1. The third-order valence-corrected chi connectivity index (χ3v) is 5.15. The second kappa shape index (κ2) is 9.00. The monoisotopic (exact) mass is 365 g/mol. The highest BCUT2D eigenvalue weighted by molar-refractivity contribution is 5.92. The van der Waals surface area contributed by atoms with Crippen molar-refractivity contribution in [2.24, 2.45) is 0 Å². The van der Waals surface area contributed by atoms with E-state index in [1.807, 2.05) is 29.1 Å². The van der Waals surface area contributed by atoms with E-state index in [4.69, 9.17) is 5.10 Å². The molecule has 2 heterocycles. The normalized spacial score (nSPS) is 12.6. The molecule has 1 unspecified atom stereocenters. The second-order valence-electron chi connectivity index (χ2n) is 7.10. The molecular weight excluding hydrogens is 334 g/mol. The highest BCUT2D eigenvalue weighted by Crippen LogP contribution is 2.27. The van der Waals surface area contributed by atoms with Gasteiger partial charge in [-0.1, -0.05) is 32.0 Å². The third kappa shape index (κ3) is 4.48. The maximum Gasteiger partial charge on any atom is 0.165 e. The Morgan fingerprint density at radius 2 is 1.85 bits per heavy atom. The molecule has 1 aromatic carbocycles. The molecule has 0 fully saturated rings. The Morgan fingerprint density at radius 1 is 1.11 bits per heavy atom. The number of benzene rings is 1. The van der Waals surface area contributed by atoms with E-state index in [0.717, 1.165) is 54.2 Å². The van der Waals surface area contributed by atoms with Gasteiger partial charge in [0.15, 0.2) is 5.65 Å². The molecular formula is C22H31N5. The predicted octanol–water partition coefficient (Wildman–Crippen LogP) is 4.65. The minimum absolute atomic E-state index is 0.408. The zero-order valence-corrected chi connectivity index (χ0v) is 16.9. The molecule has 5 nitrogen and oxygen atoms in total. The van der Waals surface area contributed by atoms with Gasteiger partial charge >= 0.3 is 0 Å². The van der Waals surface area contributed by atoms with Crippen LogP contribution in [0, 0.1) is 6.92 Å². The van der Waals surface area contributed by atoms with Crippen LogP contribution in [0.15, 0.2) is 42.6 Å². The molecule has 0 bridgehead atoms. The quantitative estimate of drug-likeness (QED) is 0.599. The molecule has 144 valence electrons. The first-order chi connectivity index (χ1) is 13.1. The van der Waals surface area contributed by atoms with Crippen molar-refractivity contribution in [3.05, 3.63) is 48.3 Å². The molecule has 3 aromatic rings. The number of nitrogens with zero attached hydrogens (tertiary/aromatic N) is 4. The highest BCUT2D eigenvalue weighted by atomic mass is 15.3. The van der Waals surface area contributed by atoms with Crippen molar-refractivity contribution in [3.63, 3.8) is 0 Å². The largest absolute Gasteiger partial charge is 0.382 e. The summed E-state index contributed by atoms with van der Waals surface area (Å²) < 4.78 is 1.93. The van der Waals surface area contributed by atoms with Gasteiger partial charge in [-0.05, 0) is 64.5 Å². The molecule has 5 heteroatoms. The Labute approximate surface area is 162 Å². The van der Waals surface area contributed by atoms with Gasteiger partial charge in [-0.3, -0.25) is 0 Å². The fraction of sp³-hybridized carbons (Fsp3) is 0.455. The molecule has 2 aromatic heterocycles. The lowest BCUT2D eigenvalue weighted by Crippen LogP contribution is -2.25. The van der Waals surface area contributed by atoms with Crippen LogP contribution in [0.5, 0.6) is 0 Å². The summed E-state index contributed by atoms with van der Waals surface area (Å²) in [7, 11) is 0. The summed E-state index contributed by atoms with van der Waals surface area (Å²) in [6.45, 7) is 12.2. The van der Waals surface area contributed by atoms with Crippen molar-refractivity contribution >= 4 is 16.7 Å². The summed E-state index contributed by atoms with van der Waals surface area (Å²) in [5.74, 6) is 0. The summed E-state index contributed by atoms with van der Waals surface area (Å²) in [5.41, 5.74) is 4.06. The van der Waals surface area contributed by atoms with Crippen LogP contribution in [-0.4, -0.2) is 45.3 Å². The van der Waals surface area contributed by atoms with Gasteiger partial charge in [0.1, 0.15) is 0 Å². The number of aryl methyl sites for hydroxylation is 1. The zero-order valence-electron chi connectivity index (χ0n) is 16.9. The van der Waals surface area contributed by atoms with Crippen molar-refractivity contribution in [3.8, 4) is 5.69 Å². The third-order valence-electron chi connectivity index (χ3n) is 5.15. The van der Waals surface area contributed by atoms with Gasteiger partial charge in [0.25, 0.3) is 0 Å². The van der Waals surface area contributed by atoms with Gasteiger partial charge in [-0.25, -0.2) is 9.67 Å². The Balaban J connectivity index is 1.77. The Morgan fingerprint density at radius 3 is 2.56 bits per heavy atom. The van der Waals surface area contributed by atoms with Crippen molar-refractivity contribution in [2.75, 3.05) is 25.0 Å². The lowest BCUT2D eigenvalue weighted by molar-refractivity contribution is 0.295. The Kier molecular flexibility index (Phi) is 6.45. The first-order valence-corrected chi connectivity index (χ1v) is 10.0. The van der Waals surface area contributed by atoms with Gasteiger partial charge in [0.2, 0.25) is 0 Å². The molecule has 0 aliphatic rings. The Bertz CT molecular complexity index is 852. The average Bonchev–Trinajstić information content (AvgIpc) is 3.04. The fourth-order valence-electron chi connectivity index (χ4n) is 3.58. The summed E-state index contributed by atoms with van der Waals surface area (Å²) >= 11 is 0. The standard InChI is InChI=1S/C22H31N5/c1-5-26(6-2)16-10-11-17(3)24-20-14-15-23-22-21(20)18(4)25-27(22)19-12-8-7-9-13-19/h7-9,12-15,17H,5-6,10-11,16H2,1-4H3,(H,23,24). The number of hydrogen-bond donors (Lipinski definition) is 1. The number of aromatic nitrogens is 3. The van der Waals surface area contributed by atoms with E-state index in [1.54, 1.807) is 0 Å². The van der Waals surface area contributed by atoms with Crippen LogP contribution in [-0.2, 0) is 0 Å². The number of rotatable bonds is 9. The van der Waals surface area contributed by atoms with Gasteiger partial charge in [-0.2, -0.15) is 5.10 Å². The SMILES string of the molecule is CCN(CC)CCCC(C)Nc1ccnc2c1c(C)nn2-c1ccccc1. The zero-order chi connectivity index (χ0) is 19.2. The van der Waals surface area contributed by atoms with Gasteiger partial charge < -0.3 is 10.2 Å². The second-order valence-corrected chi connectivity index (χ2v) is 7.10. The van der Waals surface area contributed by atoms with E-state index < -0.39 is 0 Å². The molecule has 0 spiro atoms. The fourth-order valence-corrected chi connectivity index (χ4v) is 3.58. The number of anilines is 1. The van der Waals surface area contributed by atoms with E-state index in [9.17, 15) is 0 Å². The maximum absolute atomic E-state index is 4.74. The lowest BCUT2D eigenvalue weighted by atomic mass is 10.1. The molecule has 3 rings (SSSR count). The minimum atomic E-state index is 0.408. The van der Waals surface area contributed by atoms with E-state index in [2.05, 4.69) is 61.1 Å². The highest BCUT2D eigenvalue weighted by Gasteiger charge is 2.15. The summed E-state index contributed by atoms with van der Waals surface area (Å²) in [6.07, 6.45) is 4.21. The molecule has 0 saturated heterocycles. The number of nitrogens with one attached hydrogen (secondary N) is 1. The lowest BCUT2D eigenvalue weighted by Gasteiger charge is -2.20. The number of para-hydroxylation sites is 1. The van der Waals surface area contributed by atoms with Crippen molar-refractivity contribution in [2.45, 2.75) is 46.6 Å². The molecule has 1 N–H and O–H groups in total. The van der Waals surface area contributed by atoms with Gasteiger partial charge in [0, 0.05) is 17.9 Å². The summed E-state index contributed by atoms with van der Waals surface area (Å²) in [6, 6.07) is 12.7. The summed E-state index contributed by atoms with van der Waals surface area (Å²) in [4.78, 5) is 7.09. The minimum Gasteiger partial charge on any atom is -0.382 e. The average molecular weight is 366 g/mol. The van der Waals surface area contributed by atoms with E-state index in [-0.39, 0.29) is 0 Å². The molecule has 0 amide bonds. The van der Waals surface area contributed by atoms with Crippen LogP contribution >= 0.6 is 0 Å². The number of hydrogen-bond acceptors (Lipinski definition) is 4. The topological polar surface area (TPSA) is 46.0 Å². The molecule has 27 heavy (non-hydrogen) atoms. The molecule has 0 saturated carbocycles. The molecule has 0 radical (unpaired) electrons. The molecule has 0 aliphatic heterocycles. The maximum atomic E-state index is 4.74. The van der Waals surface area contributed by atoms with Crippen LogP contribution in [0.4, 0.5) is 5.69 Å². The van der Waals surface area contributed by atoms with E-state index in [0.29, 0.717) is 6.04 Å². The van der Waals surface area contributed by atoms with Gasteiger partial charge in [0.05, 0.1) is 16.8 Å². The van der Waals surface area contributed by atoms with Gasteiger partial charge in [-0.15, -0.1) is 0 Å². The van der Waals surface area contributed by atoms with Crippen molar-refractivity contribution in [1.82, 2.24) is 19.7 Å². The predicted molar refractivity (Wildman–Crippen MR) is 114 cm³/mol. The Hall–Kier alpha value is -2.40. The van der Waals surface area contributed by atoms with Crippen LogP contribution in [0.3, 0.4) is 0 Å². The van der Waals surface area contributed by atoms with Crippen molar-refractivity contribution in [1.29, 1.82) is 0 Å². The molecule has 1 atom stereocenters. The number of fused-ring (bicyclic) bond motifs is 1. The van der Waals surface area contributed by atoms with E-state index in [1.165, 1.54) is 6.42 Å². The molecule has 0 aliphatic carbocycles. The smallest absolute Gasteiger partial charge is 0.165 e. The van der Waals surface area contributed by atoms with Crippen LogP contribution in [0.1, 0.15) is 39.3 Å². The first kappa shape index (κ1) is 19.4.